The highest BCUT2D eigenvalue weighted by molar-refractivity contribution is 7.99. The molecule has 2 aromatic rings. The molecule has 0 unspecified atom stereocenters. The van der Waals surface area contributed by atoms with Crippen LogP contribution < -0.4 is 5.32 Å². The van der Waals surface area contributed by atoms with Crippen LogP contribution in [0.3, 0.4) is 0 Å². The van der Waals surface area contributed by atoms with Crippen molar-refractivity contribution in [1.82, 2.24) is 0 Å². The van der Waals surface area contributed by atoms with E-state index in [4.69, 9.17) is 11.6 Å². The van der Waals surface area contributed by atoms with Crippen molar-refractivity contribution < 1.29 is 9.90 Å². The molecule has 21 heavy (non-hydrogen) atoms. The quantitative estimate of drug-likeness (QED) is 0.792. The summed E-state index contributed by atoms with van der Waals surface area (Å²) in [4.78, 5) is 13.0. The first kappa shape index (κ1) is 15.9. The van der Waals surface area contributed by atoms with Crippen molar-refractivity contribution in [3.05, 3.63) is 59.1 Å². The fraction of sp³-hybridized carbons (Fsp3) is 0.188. The van der Waals surface area contributed by atoms with Crippen molar-refractivity contribution in [2.24, 2.45) is 0 Å². The Balaban J connectivity index is 1.81. The highest BCUT2D eigenvalue weighted by atomic mass is 35.5. The average molecular weight is 322 g/mol. The number of hydrogen-bond donors (Lipinski definition) is 2. The third kappa shape index (κ3) is 5.08. The zero-order valence-corrected chi connectivity index (χ0v) is 13.0. The van der Waals surface area contributed by atoms with E-state index in [1.165, 1.54) is 0 Å². The van der Waals surface area contributed by atoms with Gasteiger partial charge in [-0.25, -0.2) is 0 Å². The number of carbonyl (C=O) groups excluding carboxylic acids is 1. The predicted molar refractivity (Wildman–Crippen MR) is 87.8 cm³/mol. The summed E-state index contributed by atoms with van der Waals surface area (Å²) in [6.07, 6.45) is 0.410. The third-order valence-electron chi connectivity index (χ3n) is 2.87. The predicted octanol–water partition coefficient (Wildman–Crippen LogP) is 3.95. The lowest BCUT2D eigenvalue weighted by molar-refractivity contribution is -0.115. The summed E-state index contributed by atoms with van der Waals surface area (Å²) in [6, 6.07) is 14.8. The largest absolute Gasteiger partial charge is 0.392 e. The van der Waals surface area contributed by atoms with Gasteiger partial charge in [0.05, 0.1) is 6.61 Å². The molecule has 0 saturated carbocycles. The van der Waals surface area contributed by atoms with Gasteiger partial charge in [0.25, 0.3) is 0 Å². The Morgan fingerprint density at radius 2 is 1.86 bits per heavy atom. The summed E-state index contributed by atoms with van der Waals surface area (Å²) >= 11 is 7.43. The number of aliphatic hydroxyl groups is 1. The van der Waals surface area contributed by atoms with Crippen molar-refractivity contribution >= 4 is 35.0 Å². The molecule has 0 aliphatic heterocycles. The molecule has 2 rings (SSSR count). The maximum Gasteiger partial charge on any atom is 0.225 e. The van der Waals surface area contributed by atoms with E-state index in [2.05, 4.69) is 5.32 Å². The van der Waals surface area contributed by atoms with Crippen LogP contribution >= 0.6 is 23.4 Å². The van der Waals surface area contributed by atoms with E-state index in [1.54, 1.807) is 23.9 Å². The van der Waals surface area contributed by atoms with E-state index < -0.39 is 0 Å². The van der Waals surface area contributed by atoms with E-state index in [9.17, 15) is 9.90 Å². The number of rotatable bonds is 6. The number of halogens is 1. The van der Waals surface area contributed by atoms with E-state index in [0.717, 1.165) is 10.5 Å². The molecular formula is C16H16ClNO2S. The molecular weight excluding hydrogens is 306 g/mol. The highest BCUT2D eigenvalue weighted by Gasteiger charge is 2.06. The van der Waals surface area contributed by atoms with Gasteiger partial charge in [0, 0.05) is 33.3 Å². The zero-order valence-electron chi connectivity index (χ0n) is 11.4. The molecule has 110 valence electrons. The van der Waals surface area contributed by atoms with Crippen LogP contribution in [0.2, 0.25) is 5.02 Å². The maximum atomic E-state index is 11.9. The van der Waals surface area contributed by atoms with Gasteiger partial charge in [-0.05, 0) is 30.3 Å². The summed E-state index contributed by atoms with van der Waals surface area (Å²) < 4.78 is 0. The number of nitrogens with one attached hydrogen (secondary N) is 1. The third-order valence-corrected chi connectivity index (χ3v) is 4.14. The summed E-state index contributed by atoms with van der Waals surface area (Å²) in [5.41, 5.74) is 1.39. The number of carbonyl (C=O) groups is 1. The molecule has 3 nitrogen and oxygen atoms in total. The summed E-state index contributed by atoms with van der Waals surface area (Å²) in [5.74, 6) is 0.631. The topological polar surface area (TPSA) is 49.3 Å². The van der Waals surface area contributed by atoms with Crippen molar-refractivity contribution in [1.29, 1.82) is 0 Å². The van der Waals surface area contributed by atoms with Gasteiger partial charge < -0.3 is 10.4 Å². The van der Waals surface area contributed by atoms with Crippen LogP contribution in [0.1, 0.15) is 12.0 Å². The van der Waals surface area contributed by atoms with Crippen LogP contribution in [-0.4, -0.2) is 16.8 Å². The zero-order chi connectivity index (χ0) is 15.1. The monoisotopic (exact) mass is 321 g/mol. The Hall–Kier alpha value is -1.49. The minimum absolute atomic E-state index is 0.0580. The van der Waals surface area contributed by atoms with Crippen molar-refractivity contribution in [2.45, 2.75) is 17.9 Å². The van der Waals surface area contributed by atoms with E-state index >= 15 is 0 Å². The lowest BCUT2D eigenvalue weighted by Crippen LogP contribution is -2.13. The Morgan fingerprint density at radius 1 is 1.14 bits per heavy atom. The van der Waals surface area contributed by atoms with Gasteiger partial charge in [-0.1, -0.05) is 29.8 Å². The smallest absolute Gasteiger partial charge is 0.225 e. The molecule has 0 radical (unpaired) electrons. The van der Waals surface area contributed by atoms with Crippen LogP contribution in [-0.2, 0) is 11.4 Å². The van der Waals surface area contributed by atoms with Crippen LogP contribution in [0.15, 0.2) is 53.4 Å². The van der Waals surface area contributed by atoms with E-state index in [-0.39, 0.29) is 12.5 Å². The molecule has 0 saturated heterocycles. The van der Waals surface area contributed by atoms with Gasteiger partial charge >= 0.3 is 0 Å². The minimum Gasteiger partial charge on any atom is -0.392 e. The molecule has 0 aliphatic carbocycles. The van der Waals surface area contributed by atoms with Crippen molar-refractivity contribution in [2.75, 3.05) is 11.1 Å². The summed E-state index contributed by atoms with van der Waals surface area (Å²) in [5, 5.41) is 12.7. The molecule has 2 aromatic carbocycles. The molecule has 0 heterocycles. The second-order valence-corrected chi connectivity index (χ2v) is 6.02. The van der Waals surface area contributed by atoms with Gasteiger partial charge in [-0.15, -0.1) is 11.8 Å². The first-order chi connectivity index (χ1) is 10.2. The molecule has 0 bridgehead atoms. The molecule has 0 fully saturated rings. The Labute approximate surface area is 133 Å². The highest BCUT2D eigenvalue weighted by Crippen LogP contribution is 2.21. The fourth-order valence-corrected chi connectivity index (χ4v) is 2.76. The second kappa shape index (κ2) is 8.08. The molecule has 0 aliphatic rings. The van der Waals surface area contributed by atoms with Gasteiger partial charge in [-0.3, -0.25) is 4.79 Å². The van der Waals surface area contributed by atoms with Crippen LogP contribution in [0.25, 0.3) is 0 Å². The molecule has 1 amide bonds. The van der Waals surface area contributed by atoms with Gasteiger partial charge in [0.1, 0.15) is 0 Å². The molecule has 2 N–H and O–H groups in total. The first-order valence-electron chi connectivity index (χ1n) is 6.56. The minimum atomic E-state index is -0.0873. The number of aliphatic hydroxyl groups excluding tert-OH is 1. The lowest BCUT2D eigenvalue weighted by atomic mass is 10.2. The second-order valence-electron chi connectivity index (χ2n) is 4.42. The first-order valence-corrected chi connectivity index (χ1v) is 7.92. The van der Waals surface area contributed by atoms with Crippen LogP contribution in [0.4, 0.5) is 5.69 Å². The molecule has 0 atom stereocenters. The standard InChI is InChI=1S/C16H16ClNO2S/c17-13-5-7-14(8-6-13)21-10-9-16(20)18-15-4-2-1-3-12(15)11-19/h1-8,19H,9-11H2,(H,18,20). The lowest BCUT2D eigenvalue weighted by Gasteiger charge is -2.09. The number of para-hydroxylation sites is 1. The van der Waals surface area contributed by atoms with Gasteiger partial charge in [-0.2, -0.15) is 0 Å². The number of amides is 1. The molecule has 5 heteroatoms. The SMILES string of the molecule is O=C(CCSc1ccc(Cl)cc1)Nc1ccccc1CO. The fourth-order valence-electron chi connectivity index (χ4n) is 1.79. The van der Waals surface area contributed by atoms with Crippen molar-refractivity contribution in [3.8, 4) is 0 Å². The average Bonchev–Trinajstić information content (AvgIpc) is 2.50. The number of anilines is 1. The number of hydrogen-bond acceptors (Lipinski definition) is 3. The Bertz CT molecular complexity index is 601. The van der Waals surface area contributed by atoms with Crippen LogP contribution in [0, 0.1) is 0 Å². The van der Waals surface area contributed by atoms with Gasteiger partial charge in [0.15, 0.2) is 0 Å². The number of benzene rings is 2. The normalized spacial score (nSPS) is 10.4. The Morgan fingerprint density at radius 3 is 2.57 bits per heavy atom. The number of thioether (sulfide) groups is 1. The molecule has 0 aromatic heterocycles. The van der Waals surface area contributed by atoms with E-state index in [1.807, 2.05) is 36.4 Å². The molecule has 0 spiro atoms. The van der Waals surface area contributed by atoms with Crippen LogP contribution in [0.5, 0.6) is 0 Å². The van der Waals surface area contributed by atoms with Crippen molar-refractivity contribution in [3.63, 3.8) is 0 Å². The Kier molecular flexibility index (Phi) is 6.11. The van der Waals surface area contributed by atoms with E-state index in [0.29, 0.717) is 22.9 Å². The van der Waals surface area contributed by atoms with Gasteiger partial charge in [0.2, 0.25) is 5.91 Å². The maximum absolute atomic E-state index is 11.9. The summed E-state index contributed by atoms with van der Waals surface area (Å²) in [7, 11) is 0. The summed E-state index contributed by atoms with van der Waals surface area (Å²) in [6.45, 7) is -0.0873.